The van der Waals surface area contributed by atoms with Gasteiger partial charge in [-0.3, -0.25) is 0 Å². The van der Waals surface area contributed by atoms with Gasteiger partial charge in [0, 0.05) is 16.8 Å². The van der Waals surface area contributed by atoms with Crippen LogP contribution >= 0.6 is 11.6 Å². The molecule has 2 N–H and O–H groups in total. The summed E-state index contributed by atoms with van der Waals surface area (Å²) in [6, 6.07) is 10.9. The van der Waals surface area contributed by atoms with Gasteiger partial charge in [0.15, 0.2) is 5.88 Å². The number of nitrogens with one attached hydrogen (secondary N) is 1. The van der Waals surface area contributed by atoms with E-state index in [1.807, 2.05) is 30.3 Å². The highest BCUT2D eigenvalue weighted by Gasteiger charge is 1.99. The Labute approximate surface area is 80.8 Å². The van der Waals surface area contributed by atoms with E-state index in [9.17, 15) is 0 Å². The third-order valence-corrected chi connectivity index (χ3v) is 2.08. The summed E-state index contributed by atoms with van der Waals surface area (Å²) in [5, 5.41) is 9.80. The molecule has 0 saturated carbocycles. The number of aromatic hydroxyl groups is 1. The van der Waals surface area contributed by atoms with Crippen LogP contribution in [0.5, 0.6) is 5.88 Å². The van der Waals surface area contributed by atoms with Gasteiger partial charge < -0.3 is 10.1 Å². The molecule has 1 aromatic heterocycles. The Kier molecular flexibility index (Phi) is 1.99. The molecule has 0 saturated heterocycles. The molecule has 0 fully saturated rings. The number of halogens is 1. The van der Waals surface area contributed by atoms with Gasteiger partial charge in [-0.15, -0.1) is 0 Å². The second-order valence-corrected chi connectivity index (χ2v) is 3.20. The van der Waals surface area contributed by atoms with Crippen molar-refractivity contribution in [3.05, 3.63) is 41.4 Å². The molecule has 0 amide bonds. The summed E-state index contributed by atoms with van der Waals surface area (Å²) in [6.45, 7) is 0. The Morgan fingerprint density at radius 1 is 1.00 bits per heavy atom. The van der Waals surface area contributed by atoms with Crippen molar-refractivity contribution in [1.82, 2.24) is 4.98 Å². The summed E-state index contributed by atoms with van der Waals surface area (Å²) in [5.74, 6) is 0.171. The van der Waals surface area contributed by atoms with Crippen LogP contribution in [0.25, 0.3) is 11.3 Å². The second-order valence-electron chi connectivity index (χ2n) is 2.76. The van der Waals surface area contributed by atoms with Crippen molar-refractivity contribution in [2.45, 2.75) is 0 Å². The van der Waals surface area contributed by atoms with E-state index in [1.165, 1.54) is 0 Å². The van der Waals surface area contributed by atoms with Crippen molar-refractivity contribution in [1.29, 1.82) is 0 Å². The Morgan fingerprint density at radius 2 is 1.69 bits per heavy atom. The third kappa shape index (κ3) is 1.68. The van der Waals surface area contributed by atoms with Crippen molar-refractivity contribution in [2.24, 2.45) is 0 Å². The van der Waals surface area contributed by atoms with E-state index in [-0.39, 0.29) is 5.88 Å². The maximum atomic E-state index is 9.09. The van der Waals surface area contributed by atoms with Gasteiger partial charge >= 0.3 is 0 Å². The number of aromatic amines is 1. The standard InChI is InChI=1S/C10H8ClNO/c11-8-3-1-7(2-4-8)9-5-6-10(13)12-9/h1-6,12-13H. The molecule has 0 aliphatic heterocycles. The highest BCUT2D eigenvalue weighted by Crippen LogP contribution is 2.22. The summed E-state index contributed by atoms with van der Waals surface area (Å²) in [6.07, 6.45) is 0. The van der Waals surface area contributed by atoms with E-state index < -0.39 is 0 Å². The zero-order valence-corrected chi connectivity index (χ0v) is 7.55. The van der Waals surface area contributed by atoms with E-state index >= 15 is 0 Å². The maximum absolute atomic E-state index is 9.09. The van der Waals surface area contributed by atoms with Crippen LogP contribution < -0.4 is 0 Å². The van der Waals surface area contributed by atoms with Crippen molar-refractivity contribution in [3.63, 3.8) is 0 Å². The summed E-state index contributed by atoms with van der Waals surface area (Å²) in [4.78, 5) is 2.82. The molecule has 66 valence electrons. The van der Waals surface area contributed by atoms with E-state index in [0.717, 1.165) is 11.3 Å². The third-order valence-electron chi connectivity index (χ3n) is 1.83. The van der Waals surface area contributed by atoms with Gasteiger partial charge in [0.05, 0.1) is 0 Å². The molecule has 0 atom stereocenters. The molecular weight excluding hydrogens is 186 g/mol. The minimum absolute atomic E-state index is 0.171. The first kappa shape index (κ1) is 8.20. The molecule has 13 heavy (non-hydrogen) atoms. The van der Waals surface area contributed by atoms with E-state index in [2.05, 4.69) is 4.98 Å². The number of hydrogen-bond donors (Lipinski definition) is 2. The summed E-state index contributed by atoms with van der Waals surface area (Å²) in [7, 11) is 0. The number of rotatable bonds is 1. The fraction of sp³-hybridized carbons (Fsp3) is 0. The van der Waals surface area contributed by atoms with Crippen LogP contribution in [0.15, 0.2) is 36.4 Å². The average Bonchev–Trinajstić information content (AvgIpc) is 2.53. The van der Waals surface area contributed by atoms with Crippen LogP contribution in [0.1, 0.15) is 0 Å². The van der Waals surface area contributed by atoms with Crippen LogP contribution in [-0.4, -0.2) is 10.1 Å². The molecular formula is C10H8ClNO. The van der Waals surface area contributed by atoms with Gasteiger partial charge in [0.1, 0.15) is 0 Å². The molecule has 0 bridgehead atoms. The van der Waals surface area contributed by atoms with Crippen LogP contribution in [0.4, 0.5) is 0 Å². The van der Waals surface area contributed by atoms with Crippen LogP contribution in [0, 0.1) is 0 Å². The highest BCUT2D eigenvalue weighted by molar-refractivity contribution is 6.30. The zero-order chi connectivity index (χ0) is 9.26. The van der Waals surface area contributed by atoms with Gasteiger partial charge in [-0.25, -0.2) is 0 Å². The first-order valence-electron chi connectivity index (χ1n) is 3.89. The number of H-pyrrole nitrogens is 1. The molecule has 0 aliphatic rings. The smallest absolute Gasteiger partial charge is 0.188 e. The lowest BCUT2D eigenvalue weighted by atomic mass is 10.2. The van der Waals surface area contributed by atoms with Crippen molar-refractivity contribution in [3.8, 4) is 17.1 Å². The van der Waals surface area contributed by atoms with Gasteiger partial charge in [-0.05, 0) is 23.8 Å². The number of aromatic nitrogens is 1. The van der Waals surface area contributed by atoms with E-state index in [4.69, 9.17) is 16.7 Å². The van der Waals surface area contributed by atoms with Crippen molar-refractivity contribution in [2.75, 3.05) is 0 Å². The molecule has 2 nitrogen and oxygen atoms in total. The van der Waals surface area contributed by atoms with E-state index in [0.29, 0.717) is 5.02 Å². The van der Waals surface area contributed by atoms with E-state index in [1.54, 1.807) is 6.07 Å². The summed E-state index contributed by atoms with van der Waals surface area (Å²) in [5.41, 5.74) is 1.89. The first-order chi connectivity index (χ1) is 6.25. The zero-order valence-electron chi connectivity index (χ0n) is 6.79. The fourth-order valence-electron chi connectivity index (χ4n) is 1.18. The molecule has 0 unspecified atom stereocenters. The topological polar surface area (TPSA) is 36.0 Å². The average molecular weight is 194 g/mol. The Balaban J connectivity index is 2.41. The van der Waals surface area contributed by atoms with Crippen molar-refractivity contribution >= 4 is 11.6 Å². The molecule has 2 rings (SSSR count). The van der Waals surface area contributed by atoms with Gasteiger partial charge in [-0.2, -0.15) is 0 Å². The molecule has 3 heteroatoms. The number of hydrogen-bond acceptors (Lipinski definition) is 1. The summed E-state index contributed by atoms with van der Waals surface area (Å²) < 4.78 is 0. The lowest BCUT2D eigenvalue weighted by Gasteiger charge is -1.96. The maximum Gasteiger partial charge on any atom is 0.188 e. The Hall–Kier alpha value is -1.41. The first-order valence-corrected chi connectivity index (χ1v) is 4.27. The predicted octanol–water partition coefficient (Wildman–Crippen LogP) is 3.04. The second kappa shape index (κ2) is 3.15. The van der Waals surface area contributed by atoms with Gasteiger partial charge in [0.25, 0.3) is 0 Å². The Bertz CT molecular complexity index is 405. The van der Waals surface area contributed by atoms with Crippen LogP contribution in [0.3, 0.4) is 0 Å². The highest BCUT2D eigenvalue weighted by atomic mass is 35.5. The molecule has 0 aliphatic carbocycles. The normalized spacial score (nSPS) is 10.2. The quantitative estimate of drug-likeness (QED) is 0.718. The Morgan fingerprint density at radius 3 is 2.23 bits per heavy atom. The predicted molar refractivity (Wildman–Crippen MR) is 52.9 cm³/mol. The lowest BCUT2D eigenvalue weighted by molar-refractivity contribution is 0.457. The molecule has 1 aromatic carbocycles. The SMILES string of the molecule is Oc1ccc(-c2ccc(Cl)cc2)[nH]1. The minimum atomic E-state index is 0.171. The van der Waals surface area contributed by atoms with Crippen molar-refractivity contribution < 1.29 is 5.11 Å². The monoisotopic (exact) mass is 193 g/mol. The largest absolute Gasteiger partial charge is 0.495 e. The minimum Gasteiger partial charge on any atom is -0.495 e. The molecule has 2 aromatic rings. The fourth-order valence-corrected chi connectivity index (χ4v) is 1.31. The molecule has 0 radical (unpaired) electrons. The van der Waals surface area contributed by atoms with Crippen LogP contribution in [0.2, 0.25) is 5.02 Å². The lowest BCUT2D eigenvalue weighted by Crippen LogP contribution is -1.75. The van der Waals surface area contributed by atoms with Crippen LogP contribution in [-0.2, 0) is 0 Å². The number of benzene rings is 1. The van der Waals surface area contributed by atoms with Gasteiger partial charge in [0.2, 0.25) is 0 Å². The van der Waals surface area contributed by atoms with Gasteiger partial charge in [-0.1, -0.05) is 23.7 Å². The molecule has 1 heterocycles. The molecule has 0 spiro atoms. The summed E-state index contributed by atoms with van der Waals surface area (Å²) >= 11 is 5.74.